The Labute approximate surface area is 214 Å². The van der Waals surface area contributed by atoms with Crippen LogP contribution in [0, 0.1) is 12.7 Å². The van der Waals surface area contributed by atoms with E-state index in [1.807, 2.05) is 19.1 Å². The van der Waals surface area contributed by atoms with E-state index in [1.54, 1.807) is 54.9 Å². The molecule has 7 nitrogen and oxygen atoms in total. The molecular weight excluding hydrogens is 499 g/mol. The number of aliphatic hydroxyl groups is 1. The lowest BCUT2D eigenvalue weighted by Gasteiger charge is -2.22. The Bertz CT molecular complexity index is 1470. The third-order valence-electron chi connectivity index (χ3n) is 5.70. The molecule has 36 heavy (non-hydrogen) atoms. The molecule has 3 heterocycles. The van der Waals surface area contributed by atoms with Gasteiger partial charge in [-0.15, -0.1) is 10.2 Å². The van der Waals surface area contributed by atoms with Gasteiger partial charge in [-0.2, -0.15) is 0 Å². The van der Waals surface area contributed by atoms with Gasteiger partial charge in [-0.05, 0) is 36.2 Å². The van der Waals surface area contributed by atoms with Crippen LogP contribution < -0.4 is 4.90 Å². The highest BCUT2D eigenvalue weighted by atomic mass is 32.2. The van der Waals surface area contributed by atoms with Gasteiger partial charge in [-0.1, -0.05) is 71.1 Å². The predicted octanol–water partition coefficient (Wildman–Crippen LogP) is 5.30. The van der Waals surface area contributed by atoms with Crippen molar-refractivity contribution >= 4 is 45.7 Å². The van der Waals surface area contributed by atoms with E-state index in [4.69, 9.17) is 0 Å². The second kappa shape index (κ2) is 10.00. The maximum atomic E-state index is 14.0. The van der Waals surface area contributed by atoms with Gasteiger partial charge in [0.1, 0.15) is 11.6 Å². The zero-order valence-corrected chi connectivity index (χ0v) is 20.6. The number of Topliss-reactive ketones (excluding diaryl/α,β-unsaturated/α-hetero) is 1. The number of nitrogens with zero attached hydrogens (tertiary/aromatic N) is 4. The zero-order valence-electron chi connectivity index (χ0n) is 19.0. The fourth-order valence-electron chi connectivity index (χ4n) is 3.87. The number of aryl methyl sites for hydroxylation is 1. The summed E-state index contributed by atoms with van der Waals surface area (Å²) in [6, 6.07) is 15.9. The van der Waals surface area contributed by atoms with Crippen molar-refractivity contribution in [2.45, 2.75) is 23.1 Å². The number of rotatable bonds is 6. The molecule has 0 spiro atoms. The zero-order chi connectivity index (χ0) is 25.2. The summed E-state index contributed by atoms with van der Waals surface area (Å²) in [6.07, 6.45) is 3.11. The van der Waals surface area contributed by atoms with Crippen LogP contribution in [0.25, 0.3) is 5.76 Å². The second-order valence-electron chi connectivity index (χ2n) is 8.05. The highest BCUT2D eigenvalue weighted by Crippen LogP contribution is 2.43. The van der Waals surface area contributed by atoms with Crippen molar-refractivity contribution in [3.8, 4) is 0 Å². The highest BCUT2D eigenvalue weighted by molar-refractivity contribution is 8.00. The van der Waals surface area contributed by atoms with Crippen LogP contribution in [0.2, 0.25) is 0 Å². The van der Waals surface area contributed by atoms with E-state index in [9.17, 15) is 19.1 Å². The molecule has 0 bridgehead atoms. The second-order valence-corrected chi connectivity index (χ2v) is 10.2. The number of amides is 1. The lowest BCUT2D eigenvalue weighted by atomic mass is 9.96. The average molecular weight is 519 g/mol. The molecule has 2 aromatic carbocycles. The van der Waals surface area contributed by atoms with E-state index in [2.05, 4.69) is 15.2 Å². The molecular formula is C26H19FN4O3S2. The lowest BCUT2D eigenvalue weighted by Crippen LogP contribution is -2.29. The average Bonchev–Trinajstić information content (AvgIpc) is 3.46. The molecule has 1 aliphatic rings. The van der Waals surface area contributed by atoms with Crippen LogP contribution in [0.15, 0.2) is 83.0 Å². The Kier molecular flexibility index (Phi) is 6.62. The van der Waals surface area contributed by atoms with Crippen LogP contribution in [-0.4, -0.2) is 32.0 Å². The summed E-state index contributed by atoms with van der Waals surface area (Å²) >= 11 is 2.40. The van der Waals surface area contributed by atoms with Gasteiger partial charge in [0.15, 0.2) is 4.34 Å². The van der Waals surface area contributed by atoms with Gasteiger partial charge in [-0.25, -0.2) is 4.39 Å². The summed E-state index contributed by atoms with van der Waals surface area (Å²) in [4.78, 5) is 31.7. The van der Waals surface area contributed by atoms with Crippen molar-refractivity contribution in [2.24, 2.45) is 0 Å². The van der Waals surface area contributed by atoms with Crippen molar-refractivity contribution < 1.29 is 19.1 Å². The molecule has 180 valence electrons. The summed E-state index contributed by atoms with van der Waals surface area (Å²) in [7, 11) is 0. The summed E-state index contributed by atoms with van der Waals surface area (Å²) in [5, 5.41) is 19.6. The number of benzene rings is 2. The molecule has 1 amide bonds. The SMILES string of the molecule is Cc1ccc(/C(O)=C2/C(=O)C(=O)N(c3nnc(SCc4ccccc4F)s3)C2c2ccncc2)cc1. The van der Waals surface area contributed by atoms with Crippen molar-refractivity contribution in [1.29, 1.82) is 0 Å². The van der Waals surface area contributed by atoms with Crippen molar-refractivity contribution in [1.82, 2.24) is 15.2 Å². The fourth-order valence-corrected chi connectivity index (χ4v) is 5.72. The third-order valence-corrected chi connectivity index (χ3v) is 7.81. The molecule has 0 saturated carbocycles. The molecule has 1 unspecified atom stereocenters. The Morgan fingerprint density at radius 1 is 1.06 bits per heavy atom. The monoisotopic (exact) mass is 518 g/mol. The predicted molar refractivity (Wildman–Crippen MR) is 136 cm³/mol. The van der Waals surface area contributed by atoms with Gasteiger partial charge in [-0.3, -0.25) is 19.5 Å². The van der Waals surface area contributed by atoms with E-state index in [1.165, 1.54) is 22.7 Å². The Morgan fingerprint density at radius 3 is 2.50 bits per heavy atom. The van der Waals surface area contributed by atoms with Crippen LogP contribution in [0.4, 0.5) is 9.52 Å². The van der Waals surface area contributed by atoms with Crippen LogP contribution >= 0.6 is 23.1 Å². The van der Waals surface area contributed by atoms with Crippen molar-refractivity contribution in [3.63, 3.8) is 0 Å². The van der Waals surface area contributed by atoms with Crippen LogP contribution in [-0.2, 0) is 15.3 Å². The summed E-state index contributed by atoms with van der Waals surface area (Å²) in [6.45, 7) is 1.91. The largest absolute Gasteiger partial charge is 0.507 e. The van der Waals surface area contributed by atoms with Crippen LogP contribution in [0.3, 0.4) is 0 Å². The molecule has 4 aromatic rings. The Balaban J connectivity index is 1.53. The van der Waals surface area contributed by atoms with E-state index in [-0.39, 0.29) is 22.3 Å². The minimum Gasteiger partial charge on any atom is -0.507 e. The number of carbonyl (C=O) groups is 2. The number of aliphatic hydroxyl groups excluding tert-OH is 1. The van der Waals surface area contributed by atoms with Crippen molar-refractivity contribution in [2.75, 3.05) is 4.90 Å². The minimum atomic E-state index is -0.910. The Morgan fingerprint density at radius 2 is 1.78 bits per heavy atom. The number of halogens is 1. The first-order valence-electron chi connectivity index (χ1n) is 10.9. The molecule has 5 rings (SSSR count). The van der Waals surface area contributed by atoms with Crippen LogP contribution in [0.1, 0.15) is 28.3 Å². The number of hydrogen-bond acceptors (Lipinski definition) is 8. The summed E-state index contributed by atoms with van der Waals surface area (Å²) in [5.41, 5.74) is 2.50. The molecule has 1 aliphatic heterocycles. The first-order valence-corrected chi connectivity index (χ1v) is 12.7. The molecule has 1 fully saturated rings. The topological polar surface area (TPSA) is 96.3 Å². The maximum Gasteiger partial charge on any atom is 0.301 e. The molecule has 10 heteroatoms. The van der Waals surface area contributed by atoms with Gasteiger partial charge in [0.2, 0.25) is 5.13 Å². The molecule has 0 aliphatic carbocycles. The smallest absolute Gasteiger partial charge is 0.301 e. The number of carbonyl (C=O) groups excluding carboxylic acids is 2. The van der Waals surface area contributed by atoms with E-state index >= 15 is 0 Å². The first kappa shape index (κ1) is 23.8. The number of hydrogen-bond donors (Lipinski definition) is 1. The van der Waals surface area contributed by atoms with Gasteiger partial charge in [0, 0.05) is 23.7 Å². The third kappa shape index (κ3) is 4.52. The number of thioether (sulfide) groups is 1. The van der Waals surface area contributed by atoms with Gasteiger partial charge >= 0.3 is 5.91 Å². The molecule has 1 atom stereocenters. The van der Waals surface area contributed by atoms with Crippen molar-refractivity contribution in [3.05, 3.63) is 107 Å². The van der Waals surface area contributed by atoms with Crippen LogP contribution in [0.5, 0.6) is 0 Å². The highest BCUT2D eigenvalue weighted by Gasteiger charge is 2.48. The fraction of sp³-hybridized carbons (Fsp3) is 0.115. The van der Waals surface area contributed by atoms with Gasteiger partial charge in [0.05, 0.1) is 11.6 Å². The normalized spacial score (nSPS) is 17.1. The van der Waals surface area contributed by atoms with Gasteiger partial charge < -0.3 is 5.11 Å². The standard InChI is InChI=1S/C26H19FN4O3S2/c1-15-6-8-17(9-7-15)22(32)20-21(16-10-12-28-13-11-16)31(24(34)23(20)33)25-29-30-26(36-25)35-14-18-4-2-3-5-19(18)27/h2-13,21,32H,14H2,1H3/b22-20-. The molecule has 0 radical (unpaired) electrons. The first-order chi connectivity index (χ1) is 17.4. The Hall–Kier alpha value is -3.89. The van der Waals surface area contributed by atoms with Gasteiger partial charge in [0.25, 0.3) is 5.78 Å². The molecule has 1 saturated heterocycles. The molecule has 2 aromatic heterocycles. The maximum absolute atomic E-state index is 14.0. The molecule has 1 N–H and O–H groups in total. The number of pyridine rings is 1. The van der Waals surface area contributed by atoms with E-state index in [0.717, 1.165) is 16.9 Å². The minimum absolute atomic E-state index is 0.0363. The number of ketones is 1. The number of aromatic nitrogens is 3. The number of anilines is 1. The van der Waals surface area contributed by atoms with E-state index in [0.29, 0.717) is 26.8 Å². The summed E-state index contributed by atoms with van der Waals surface area (Å²) < 4.78 is 14.5. The summed E-state index contributed by atoms with van der Waals surface area (Å²) in [5.74, 6) is -1.87. The lowest BCUT2D eigenvalue weighted by molar-refractivity contribution is -0.132. The van der Waals surface area contributed by atoms with E-state index < -0.39 is 17.7 Å². The quantitative estimate of drug-likeness (QED) is 0.122.